The minimum atomic E-state index is -0.168. The predicted octanol–water partition coefficient (Wildman–Crippen LogP) is 5.68. The molecule has 4 heteroatoms. The molecule has 1 N–H and O–H groups in total. The summed E-state index contributed by atoms with van der Waals surface area (Å²) in [6.45, 7) is 8.37. The number of hydrogen-bond donors (Lipinski definition) is 1. The molecular weight excluding hydrogens is 337 g/mol. The van der Waals surface area contributed by atoms with Crippen molar-refractivity contribution < 1.29 is 4.39 Å². The molecule has 1 aromatic carbocycles. The van der Waals surface area contributed by atoms with Gasteiger partial charge in [-0.2, -0.15) is 0 Å². The van der Waals surface area contributed by atoms with Gasteiger partial charge in [0.25, 0.3) is 0 Å². The highest BCUT2D eigenvalue weighted by molar-refractivity contribution is 9.10. The van der Waals surface area contributed by atoms with Crippen LogP contribution in [0.25, 0.3) is 0 Å². The molecule has 1 aromatic heterocycles. The van der Waals surface area contributed by atoms with Gasteiger partial charge in [-0.25, -0.2) is 4.39 Å². The van der Waals surface area contributed by atoms with Gasteiger partial charge in [0.15, 0.2) is 0 Å². The molecule has 0 bridgehead atoms. The fourth-order valence-corrected chi connectivity index (χ4v) is 3.88. The first-order valence-corrected chi connectivity index (χ1v) is 8.27. The molecule has 0 amide bonds. The van der Waals surface area contributed by atoms with Gasteiger partial charge in [0, 0.05) is 31.9 Å². The average Bonchev–Trinajstić information content (AvgIpc) is 2.71. The molecule has 0 fully saturated rings. The van der Waals surface area contributed by atoms with Crippen LogP contribution in [0.4, 0.5) is 4.39 Å². The zero-order chi connectivity index (χ0) is 14.9. The molecule has 2 atom stereocenters. The SMILES string of the molecule is Cc1cc(C(C)NC(C)c2cc(Br)ccc2F)c(C)s1. The number of hydrogen-bond acceptors (Lipinski definition) is 2. The van der Waals surface area contributed by atoms with E-state index in [1.807, 2.05) is 13.0 Å². The molecule has 2 rings (SSSR count). The molecule has 20 heavy (non-hydrogen) atoms. The maximum atomic E-state index is 13.9. The van der Waals surface area contributed by atoms with Crippen LogP contribution in [-0.4, -0.2) is 0 Å². The standard InChI is InChI=1S/C16H19BrFNS/c1-9-7-14(12(4)20-9)10(2)19-11(3)15-8-13(17)5-6-16(15)18/h5-8,10-11,19H,1-4H3. The number of nitrogens with one attached hydrogen (secondary N) is 1. The smallest absolute Gasteiger partial charge is 0.128 e. The van der Waals surface area contributed by atoms with Gasteiger partial charge >= 0.3 is 0 Å². The molecule has 1 nitrogen and oxygen atoms in total. The summed E-state index contributed by atoms with van der Waals surface area (Å²) < 4.78 is 14.8. The van der Waals surface area contributed by atoms with E-state index in [0.717, 1.165) is 4.47 Å². The van der Waals surface area contributed by atoms with Gasteiger partial charge < -0.3 is 5.32 Å². The Bertz CT molecular complexity index is 609. The highest BCUT2D eigenvalue weighted by Gasteiger charge is 2.17. The van der Waals surface area contributed by atoms with Crippen molar-refractivity contribution in [1.29, 1.82) is 0 Å². The normalized spacial score (nSPS) is 14.3. The lowest BCUT2D eigenvalue weighted by atomic mass is 10.0. The minimum Gasteiger partial charge on any atom is -0.304 e. The second kappa shape index (κ2) is 6.37. The lowest BCUT2D eigenvalue weighted by Crippen LogP contribution is -2.23. The fourth-order valence-electron chi connectivity index (χ4n) is 2.48. The highest BCUT2D eigenvalue weighted by atomic mass is 79.9. The Morgan fingerprint density at radius 3 is 2.35 bits per heavy atom. The van der Waals surface area contributed by atoms with Crippen molar-refractivity contribution in [3.8, 4) is 0 Å². The van der Waals surface area contributed by atoms with E-state index in [-0.39, 0.29) is 17.9 Å². The van der Waals surface area contributed by atoms with Gasteiger partial charge in [0.1, 0.15) is 5.82 Å². The van der Waals surface area contributed by atoms with Gasteiger partial charge in [0.05, 0.1) is 0 Å². The summed E-state index contributed by atoms with van der Waals surface area (Å²) in [5.41, 5.74) is 1.99. The Balaban J connectivity index is 2.17. The van der Waals surface area contributed by atoms with Gasteiger partial charge in [-0.05, 0) is 57.5 Å². The predicted molar refractivity (Wildman–Crippen MR) is 87.9 cm³/mol. The number of rotatable bonds is 4. The van der Waals surface area contributed by atoms with E-state index in [4.69, 9.17) is 0 Å². The minimum absolute atomic E-state index is 0.0397. The largest absolute Gasteiger partial charge is 0.304 e. The molecule has 0 radical (unpaired) electrons. The number of benzene rings is 1. The maximum Gasteiger partial charge on any atom is 0.128 e. The lowest BCUT2D eigenvalue weighted by Gasteiger charge is -2.21. The van der Waals surface area contributed by atoms with Gasteiger partial charge in [-0.3, -0.25) is 0 Å². The molecule has 0 spiro atoms. The van der Waals surface area contributed by atoms with Crippen molar-refractivity contribution in [3.05, 3.63) is 55.4 Å². The molecule has 2 unspecified atom stereocenters. The van der Waals surface area contributed by atoms with Crippen LogP contribution < -0.4 is 5.32 Å². The second-order valence-electron chi connectivity index (χ2n) is 5.14. The molecule has 0 saturated carbocycles. The van der Waals surface area contributed by atoms with Crippen LogP contribution in [0.1, 0.15) is 46.8 Å². The first-order chi connectivity index (χ1) is 9.38. The summed E-state index contributed by atoms with van der Waals surface area (Å²) in [6, 6.07) is 7.44. The number of thiophene rings is 1. The third kappa shape index (κ3) is 3.48. The fraction of sp³-hybridized carbons (Fsp3) is 0.375. The van der Waals surface area contributed by atoms with E-state index in [0.29, 0.717) is 5.56 Å². The van der Waals surface area contributed by atoms with E-state index in [1.54, 1.807) is 17.4 Å². The Labute approximate surface area is 132 Å². The first kappa shape index (κ1) is 15.7. The van der Waals surface area contributed by atoms with E-state index < -0.39 is 0 Å². The summed E-state index contributed by atoms with van der Waals surface area (Å²) in [4.78, 5) is 2.64. The maximum absolute atomic E-state index is 13.9. The molecule has 0 aliphatic rings. The first-order valence-electron chi connectivity index (χ1n) is 6.66. The van der Waals surface area contributed by atoms with Gasteiger partial charge in [-0.1, -0.05) is 15.9 Å². The monoisotopic (exact) mass is 355 g/mol. The third-order valence-corrected chi connectivity index (χ3v) is 4.95. The Morgan fingerprint density at radius 1 is 1.10 bits per heavy atom. The summed E-state index contributed by atoms with van der Waals surface area (Å²) in [7, 11) is 0. The van der Waals surface area contributed by atoms with Crippen LogP contribution in [0.5, 0.6) is 0 Å². The second-order valence-corrected chi connectivity index (χ2v) is 7.52. The molecule has 2 aromatic rings. The van der Waals surface area contributed by atoms with E-state index >= 15 is 0 Å². The summed E-state index contributed by atoms with van der Waals surface area (Å²) in [6.07, 6.45) is 0. The number of aryl methyl sites for hydroxylation is 2. The quantitative estimate of drug-likeness (QED) is 0.743. The van der Waals surface area contributed by atoms with Crippen molar-refractivity contribution in [1.82, 2.24) is 5.32 Å². The van der Waals surface area contributed by atoms with Crippen molar-refractivity contribution in [2.24, 2.45) is 0 Å². The summed E-state index contributed by atoms with van der Waals surface area (Å²) in [5, 5.41) is 3.48. The topological polar surface area (TPSA) is 12.0 Å². The zero-order valence-electron chi connectivity index (χ0n) is 12.1. The van der Waals surface area contributed by atoms with Crippen molar-refractivity contribution in [3.63, 3.8) is 0 Å². The van der Waals surface area contributed by atoms with Crippen molar-refractivity contribution >= 4 is 27.3 Å². The van der Waals surface area contributed by atoms with Crippen LogP contribution in [0.2, 0.25) is 0 Å². The van der Waals surface area contributed by atoms with E-state index in [9.17, 15) is 4.39 Å². The van der Waals surface area contributed by atoms with Crippen LogP contribution in [-0.2, 0) is 0 Å². The average molecular weight is 356 g/mol. The third-order valence-electron chi connectivity index (χ3n) is 3.47. The highest BCUT2D eigenvalue weighted by Crippen LogP contribution is 2.29. The van der Waals surface area contributed by atoms with E-state index in [2.05, 4.69) is 48.1 Å². The summed E-state index contributed by atoms with van der Waals surface area (Å²) in [5.74, 6) is -0.168. The van der Waals surface area contributed by atoms with Crippen molar-refractivity contribution in [2.45, 2.75) is 39.8 Å². The molecular formula is C16H19BrFNS. The van der Waals surface area contributed by atoms with E-state index in [1.165, 1.54) is 21.4 Å². The Morgan fingerprint density at radius 2 is 1.75 bits per heavy atom. The zero-order valence-corrected chi connectivity index (χ0v) is 14.5. The molecule has 1 heterocycles. The molecule has 0 saturated heterocycles. The lowest BCUT2D eigenvalue weighted by molar-refractivity contribution is 0.473. The molecule has 0 aliphatic heterocycles. The molecule has 108 valence electrons. The van der Waals surface area contributed by atoms with Crippen LogP contribution in [0.3, 0.4) is 0 Å². The summed E-state index contributed by atoms with van der Waals surface area (Å²) >= 11 is 5.20. The van der Waals surface area contributed by atoms with Gasteiger partial charge in [0.2, 0.25) is 0 Å². The van der Waals surface area contributed by atoms with Crippen LogP contribution in [0, 0.1) is 19.7 Å². The van der Waals surface area contributed by atoms with Gasteiger partial charge in [-0.15, -0.1) is 11.3 Å². The number of halogens is 2. The Hall–Kier alpha value is -0.710. The Kier molecular flexibility index (Phi) is 4.99. The van der Waals surface area contributed by atoms with Crippen LogP contribution in [0.15, 0.2) is 28.7 Å². The van der Waals surface area contributed by atoms with Crippen molar-refractivity contribution in [2.75, 3.05) is 0 Å². The molecule has 0 aliphatic carbocycles. The van der Waals surface area contributed by atoms with Crippen LogP contribution >= 0.6 is 27.3 Å².